The van der Waals surface area contributed by atoms with Crippen molar-refractivity contribution in [3.8, 4) is 11.5 Å². The van der Waals surface area contributed by atoms with Gasteiger partial charge in [0.1, 0.15) is 23.7 Å². The minimum Gasteiger partial charge on any atom is -0.508 e. The van der Waals surface area contributed by atoms with Gasteiger partial charge in [0.25, 0.3) is 0 Å². The van der Waals surface area contributed by atoms with Crippen LogP contribution in [0.25, 0.3) is 0 Å². The molecule has 2 N–H and O–H groups in total. The number of aromatic hydroxyl groups is 1. The fourth-order valence-electron chi connectivity index (χ4n) is 1.77. The average molecular weight is 251 g/mol. The normalized spacial score (nSPS) is 17.8. The van der Waals surface area contributed by atoms with Crippen LogP contribution >= 0.6 is 0 Å². The molecule has 1 aromatic rings. The maximum Gasteiger partial charge on any atom is 0.408 e. The van der Waals surface area contributed by atoms with Crippen molar-refractivity contribution in [1.82, 2.24) is 5.32 Å². The molecule has 0 unspecified atom stereocenters. The first-order valence-corrected chi connectivity index (χ1v) is 5.80. The summed E-state index contributed by atoms with van der Waals surface area (Å²) in [6, 6.07) is 4.60. The largest absolute Gasteiger partial charge is 0.508 e. The van der Waals surface area contributed by atoms with Crippen molar-refractivity contribution in [2.24, 2.45) is 0 Å². The number of alkyl carbamates (subject to hydrolysis) is 1. The Morgan fingerprint density at radius 2 is 2.22 bits per heavy atom. The molecule has 1 atom stereocenters. The first-order valence-electron chi connectivity index (χ1n) is 5.80. The van der Waals surface area contributed by atoms with Gasteiger partial charge in [-0.05, 0) is 32.9 Å². The minimum absolute atomic E-state index is 0.145. The summed E-state index contributed by atoms with van der Waals surface area (Å²) in [4.78, 5) is 11.7. The minimum atomic E-state index is -0.526. The van der Waals surface area contributed by atoms with Crippen LogP contribution in [0.5, 0.6) is 11.5 Å². The number of fused-ring (bicyclic) bond motifs is 1. The molecule has 1 heterocycles. The predicted molar refractivity (Wildman–Crippen MR) is 65.7 cm³/mol. The number of hydrogen-bond acceptors (Lipinski definition) is 4. The fourth-order valence-corrected chi connectivity index (χ4v) is 1.77. The Balaban J connectivity index is 2.04. The summed E-state index contributed by atoms with van der Waals surface area (Å²) in [7, 11) is 0. The average Bonchev–Trinajstić information content (AvgIpc) is 2.57. The Morgan fingerprint density at radius 1 is 1.50 bits per heavy atom. The van der Waals surface area contributed by atoms with Gasteiger partial charge in [-0.25, -0.2) is 4.79 Å². The third-order valence-electron chi connectivity index (χ3n) is 2.47. The second-order valence-electron chi connectivity index (χ2n) is 5.23. The van der Waals surface area contributed by atoms with E-state index in [0.717, 1.165) is 5.56 Å². The van der Waals surface area contributed by atoms with Crippen molar-refractivity contribution >= 4 is 6.09 Å². The van der Waals surface area contributed by atoms with Crippen molar-refractivity contribution in [2.75, 3.05) is 6.61 Å². The molecule has 1 aromatic carbocycles. The fraction of sp³-hybridized carbons (Fsp3) is 0.462. The number of nitrogens with one attached hydrogen (secondary N) is 1. The van der Waals surface area contributed by atoms with Gasteiger partial charge in [0, 0.05) is 11.6 Å². The van der Waals surface area contributed by atoms with E-state index in [2.05, 4.69) is 5.32 Å². The van der Waals surface area contributed by atoms with E-state index in [1.54, 1.807) is 12.1 Å². The number of hydrogen-bond donors (Lipinski definition) is 2. The molecule has 1 amide bonds. The maximum atomic E-state index is 11.7. The lowest BCUT2D eigenvalue weighted by molar-refractivity contribution is 0.0497. The quantitative estimate of drug-likeness (QED) is 0.804. The van der Waals surface area contributed by atoms with Gasteiger partial charge in [0.05, 0.1) is 6.04 Å². The third-order valence-corrected chi connectivity index (χ3v) is 2.47. The summed E-state index contributed by atoms with van der Waals surface area (Å²) in [5.41, 5.74) is 0.320. The van der Waals surface area contributed by atoms with Gasteiger partial charge < -0.3 is 19.9 Å². The molecule has 1 aliphatic heterocycles. The first kappa shape index (κ1) is 12.5. The van der Waals surface area contributed by atoms with Gasteiger partial charge >= 0.3 is 6.09 Å². The molecule has 2 rings (SSSR count). The zero-order valence-corrected chi connectivity index (χ0v) is 10.7. The van der Waals surface area contributed by atoms with E-state index in [1.165, 1.54) is 6.07 Å². The molecular weight excluding hydrogens is 234 g/mol. The van der Waals surface area contributed by atoms with E-state index < -0.39 is 11.7 Å². The molecule has 1 aliphatic rings. The van der Waals surface area contributed by atoms with Gasteiger partial charge in [0.2, 0.25) is 0 Å². The van der Waals surface area contributed by atoms with Crippen LogP contribution in [-0.4, -0.2) is 23.4 Å². The number of rotatable bonds is 1. The smallest absolute Gasteiger partial charge is 0.408 e. The molecule has 0 saturated carbocycles. The highest BCUT2D eigenvalue weighted by molar-refractivity contribution is 5.69. The Hall–Kier alpha value is -1.91. The molecule has 98 valence electrons. The van der Waals surface area contributed by atoms with Crippen LogP contribution in [0.2, 0.25) is 0 Å². The summed E-state index contributed by atoms with van der Waals surface area (Å²) in [5, 5.41) is 12.1. The molecule has 5 heteroatoms. The van der Waals surface area contributed by atoms with Gasteiger partial charge in [-0.15, -0.1) is 0 Å². The molecule has 18 heavy (non-hydrogen) atoms. The molecule has 0 saturated heterocycles. The summed E-state index contributed by atoms with van der Waals surface area (Å²) in [5.74, 6) is 0.739. The van der Waals surface area contributed by atoms with Crippen LogP contribution in [0.3, 0.4) is 0 Å². The van der Waals surface area contributed by atoms with Gasteiger partial charge in [-0.2, -0.15) is 0 Å². The molecule has 0 spiro atoms. The molecule has 0 fully saturated rings. The zero-order valence-electron chi connectivity index (χ0n) is 10.7. The van der Waals surface area contributed by atoms with Crippen LogP contribution in [0.4, 0.5) is 4.79 Å². The maximum absolute atomic E-state index is 11.7. The zero-order chi connectivity index (χ0) is 13.3. The number of benzene rings is 1. The second-order valence-corrected chi connectivity index (χ2v) is 5.23. The topological polar surface area (TPSA) is 67.8 Å². The Bertz CT molecular complexity index is 465. The van der Waals surface area contributed by atoms with Crippen molar-refractivity contribution in [2.45, 2.75) is 32.4 Å². The molecule has 0 aromatic heterocycles. The second kappa shape index (κ2) is 4.40. The van der Waals surface area contributed by atoms with E-state index in [-0.39, 0.29) is 11.8 Å². The summed E-state index contributed by atoms with van der Waals surface area (Å²) in [6.45, 7) is 5.77. The lowest BCUT2D eigenvalue weighted by atomic mass is 10.1. The van der Waals surface area contributed by atoms with E-state index >= 15 is 0 Å². The molecular formula is C13H17NO4. The number of phenols is 1. The van der Waals surface area contributed by atoms with E-state index in [1.807, 2.05) is 20.8 Å². The van der Waals surface area contributed by atoms with Gasteiger partial charge in [-0.1, -0.05) is 0 Å². The number of phenolic OH excluding ortho intramolecular Hbond substituents is 1. The van der Waals surface area contributed by atoms with Crippen LogP contribution < -0.4 is 10.1 Å². The van der Waals surface area contributed by atoms with Crippen molar-refractivity contribution in [1.29, 1.82) is 0 Å². The van der Waals surface area contributed by atoms with Gasteiger partial charge in [0.15, 0.2) is 0 Å². The predicted octanol–water partition coefficient (Wildman–Crippen LogP) is 2.35. The summed E-state index contributed by atoms with van der Waals surface area (Å²) >= 11 is 0. The third kappa shape index (κ3) is 2.85. The van der Waals surface area contributed by atoms with E-state index in [0.29, 0.717) is 12.4 Å². The summed E-state index contributed by atoms with van der Waals surface area (Å²) < 4.78 is 10.6. The van der Waals surface area contributed by atoms with Crippen molar-refractivity contribution < 1.29 is 19.4 Å². The highest BCUT2D eigenvalue weighted by atomic mass is 16.6. The van der Waals surface area contributed by atoms with Crippen LogP contribution in [0.15, 0.2) is 18.2 Å². The molecule has 0 radical (unpaired) electrons. The Morgan fingerprint density at radius 3 is 2.89 bits per heavy atom. The van der Waals surface area contributed by atoms with Crippen LogP contribution in [0, 0.1) is 0 Å². The van der Waals surface area contributed by atoms with E-state index in [9.17, 15) is 9.90 Å². The van der Waals surface area contributed by atoms with Gasteiger partial charge in [-0.3, -0.25) is 0 Å². The van der Waals surface area contributed by atoms with E-state index in [4.69, 9.17) is 9.47 Å². The number of amides is 1. The number of carbonyl (C=O) groups excluding carboxylic acids is 1. The standard InChI is InChI=1S/C13H17NO4/c1-13(2,3)18-12(16)14-10-7-17-11-6-8(15)4-5-9(10)11/h4-6,10,15H,7H2,1-3H3,(H,14,16)/t10-/m1/s1. The molecule has 0 aliphatic carbocycles. The SMILES string of the molecule is CC(C)(C)OC(=O)N[C@@H]1COc2cc(O)ccc21. The van der Waals surface area contributed by atoms with Crippen molar-refractivity contribution in [3.05, 3.63) is 23.8 Å². The first-order chi connectivity index (χ1) is 8.35. The van der Waals surface area contributed by atoms with Crippen LogP contribution in [0.1, 0.15) is 32.4 Å². The molecule has 0 bridgehead atoms. The Kier molecular flexibility index (Phi) is 3.07. The monoisotopic (exact) mass is 251 g/mol. The lowest BCUT2D eigenvalue weighted by Crippen LogP contribution is -2.35. The highest BCUT2D eigenvalue weighted by Gasteiger charge is 2.27. The number of carbonyl (C=O) groups is 1. The van der Waals surface area contributed by atoms with Crippen LogP contribution in [-0.2, 0) is 4.74 Å². The lowest BCUT2D eigenvalue weighted by Gasteiger charge is -2.21. The highest BCUT2D eigenvalue weighted by Crippen LogP contribution is 2.34. The number of ether oxygens (including phenoxy) is 2. The van der Waals surface area contributed by atoms with Crippen molar-refractivity contribution in [3.63, 3.8) is 0 Å². The Labute approximate surface area is 106 Å². The summed E-state index contributed by atoms with van der Waals surface area (Å²) in [6.07, 6.45) is -0.475. The molecule has 5 nitrogen and oxygen atoms in total.